The summed E-state index contributed by atoms with van der Waals surface area (Å²) in [7, 11) is 0. The third-order valence-electron chi connectivity index (χ3n) is 5.58. The third kappa shape index (κ3) is 5.22. The topological polar surface area (TPSA) is 73.6 Å². The second-order valence-electron chi connectivity index (χ2n) is 7.35. The van der Waals surface area contributed by atoms with Gasteiger partial charge in [-0.2, -0.15) is 5.26 Å². The standard InChI is InChI=1S/C21H27N3O3/c22-15-18-7-3-4-8-19(18)27-16-21(26)24-13-11-23(12-14-24)20(25)10-9-17-5-1-2-6-17/h3-4,7-8,17H,1-2,5-6,9-14,16H2. The molecule has 0 N–H and O–H groups in total. The van der Waals surface area contributed by atoms with Crippen molar-refractivity contribution in [3.63, 3.8) is 0 Å². The molecule has 1 saturated carbocycles. The zero-order valence-electron chi connectivity index (χ0n) is 15.7. The van der Waals surface area contributed by atoms with Gasteiger partial charge < -0.3 is 14.5 Å². The first-order valence-corrected chi connectivity index (χ1v) is 9.85. The molecule has 0 unspecified atom stereocenters. The summed E-state index contributed by atoms with van der Waals surface area (Å²) in [4.78, 5) is 28.4. The fraction of sp³-hybridized carbons (Fsp3) is 0.571. The van der Waals surface area contributed by atoms with Crippen molar-refractivity contribution >= 4 is 11.8 Å². The molecule has 1 aliphatic heterocycles. The van der Waals surface area contributed by atoms with Crippen molar-refractivity contribution in [2.75, 3.05) is 32.8 Å². The van der Waals surface area contributed by atoms with Gasteiger partial charge in [-0.25, -0.2) is 0 Å². The van der Waals surface area contributed by atoms with Gasteiger partial charge in [-0.15, -0.1) is 0 Å². The van der Waals surface area contributed by atoms with Gasteiger partial charge in [-0.1, -0.05) is 37.8 Å². The summed E-state index contributed by atoms with van der Waals surface area (Å²) in [5, 5.41) is 9.06. The third-order valence-corrected chi connectivity index (χ3v) is 5.58. The molecule has 0 radical (unpaired) electrons. The van der Waals surface area contributed by atoms with E-state index in [0.717, 1.165) is 12.3 Å². The Morgan fingerprint density at radius 2 is 1.67 bits per heavy atom. The molecule has 0 bridgehead atoms. The van der Waals surface area contributed by atoms with Gasteiger partial charge in [-0.3, -0.25) is 9.59 Å². The molecule has 2 aliphatic rings. The summed E-state index contributed by atoms with van der Waals surface area (Å²) in [6, 6.07) is 8.94. The van der Waals surface area contributed by atoms with Gasteiger partial charge in [0.1, 0.15) is 11.8 Å². The average Bonchev–Trinajstić information content (AvgIpc) is 3.24. The summed E-state index contributed by atoms with van der Waals surface area (Å²) in [5.41, 5.74) is 0.419. The van der Waals surface area contributed by atoms with Crippen LogP contribution in [0, 0.1) is 17.2 Å². The Balaban J connectivity index is 1.39. The van der Waals surface area contributed by atoms with Gasteiger partial charge in [0.05, 0.1) is 5.56 Å². The lowest BCUT2D eigenvalue weighted by Crippen LogP contribution is -2.51. The lowest BCUT2D eigenvalue weighted by atomic mass is 10.0. The minimum atomic E-state index is -0.110. The molecule has 2 amide bonds. The number of carbonyl (C=O) groups excluding carboxylic acids is 2. The number of amides is 2. The van der Waals surface area contributed by atoms with E-state index in [1.165, 1.54) is 25.7 Å². The summed E-state index contributed by atoms with van der Waals surface area (Å²) in [5.74, 6) is 1.26. The van der Waals surface area contributed by atoms with Crippen LogP contribution in [0.3, 0.4) is 0 Å². The van der Waals surface area contributed by atoms with Crippen LogP contribution in [0.2, 0.25) is 0 Å². The predicted molar refractivity (Wildman–Crippen MR) is 101 cm³/mol. The first-order valence-electron chi connectivity index (χ1n) is 9.85. The van der Waals surface area contributed by atoms with Crippen molar-refractivity contribution in [2.24, 2.45) is 5.92 Å². The van der Waals surface area contributed by atoms with Gasteiger partial charge in [0.15, 0.2) is 6.61 Å². The number of hydrogen-bond donors (Lipinski definition) is 0. The summed E-state index contributed by atoms with van der Waals surface area (Å²) < 4.78 is 5.52. The van der Waals surface area contributed by atoms with Gasteiger partial charge in [0.25, 0.3) is 5.91 Å². The van der Waals surface area contributed by atoms with Gasteiger partial charge in [-0.05, 0) is 24.5 Å². The van der Waals surface area contributed by atoms with Crippen molar-refractivity contribution in [3.05, 3.63) is 29.8 Å². The number of nitriles is 1. The number of rotatable bonds is 6. The molecule has 2 fully saturated rings. The lowest BCUT2D eigenvalue weighted by Gasteiger charge is -2.35. The minimum absolute atomic E-state index is 0.0890. The SMILES string of the molecule is N#Cc1ccccc1OCC(=O)N1CCN(C(=O)CCC2CCCC2)CC1. The van der Waals surface area contributed by atoms with Crippen molar-refractivity contribution in [3.8, 4) is 11.8 Å². The van der Waals surface area contributed by atoms with Crippen LogP contribution in [0.15, 0.2) is 24.3 Å². The number of piperazine rings is 1. The van der Waals surface area contributed by atoms with E-state index in [-0.39, 0.29) is 18.4 Å². The molecular weight excluding hydrogens is 342 g/mol. The molecule has 0 aromatic heterocycles. The van der Waals surface area contributed by atoms with Crippen LogP contribution in [-0.4, -0.2) is 54.4 Å². The Kier molecular flexibility index (Phi) is 6.69. The quantitative estimate of drug-likeness (QED) is 0.772. The molecule has 6 heteroatoms. The fourth-order valence-corrected chi connectivity index (χ4v) is 3.91. The van der Waals surface area contributed by atoms with Crippen LogP contribution in [0.5, 0.6) is 5.75 Å². The monoisotopic (exact) mass is 369 g/mol. The Hall–Kier alpha value is -2.55. The molecule has 1 aliphatic carbocycles. The molecule has 6 nitrogen and oxygen atoms in total. The number of hydrogen-bond acceptors (Lipinski definition) is 4. The maximum Gasteiger partial charge on any atom is 0.260 e. The smallest absolute Gasteiger partial charge is 0.260 e. The van der Waals surface area contributed by atoms with Crippen LogP contribution in [0.1, 0.15) is 44.1 Å². The van der Waals surface area contributed by atoms with Gasteiger partial charge in [0.2, 0.25) is 5.91 Å². The first kappa shape index (κ1) is 19.2. The highest BCUT2D eigenvalue weighted by Crippen LogP contribution is 2.28. The maximum absolute atomic E-state index is 12.4. The van der Waals surface area contributed by atoms with Gasteiger partial charge in [0, 0.05) is 32.6 Å². The van der Waals surface area contributed by atoms with E-state index in [9.17, 15) is 9.59 Å². The molecule has 3 rings (SSSR count). The highest BCUT2D eigenvalue weighted by molar-refractivity contribution is 5.79. The number of ether oxygens (including phenoxy) is 1. The Labute approximate surface area is 160 Å². The van der Waals surface area contributed by atoms with E-state index in [1.807, 2.05) is 4.90 Å². The van der Waals surface area contributed by atoms with Crippen molar-refractivity contribution < 1.29 is 14.3 Å². The van der Waals surface area contributed by atoms with Crippen molar-refractivity contribution in [2.45, 2.75) is 38.5 Å². The van der Waals surface area contributed by atoms with Crippen molar-refractivity contribution in [1.82, 2.24) is 9.80 Å². The maximum atomic E-state index is 12.4. The Morgan fingerprint density at radius 1 is 1.04 bits per heavy atom. The highest BCUT2D eigenvalue weighted by atomic mass is 16.5. The Morgan fingerprint density at radius 3 is 2.33 bits per heavy atom. The summed E-state index contributed by atoms with van der Waals surface area (Å²) in [6.45, 7) is 2.16. The van der Waals surface area contributed by atoms with Crippen LogP contribution in [0.25, 0.3) is 0 Å². The van der Waals surface area contributed by atoms with E-state index in [0.29, 0.717) is 43.9 Å². The van der Waals surface area contributed by atoms with E-state index < -0.39 is 0 Å². The van der Waals surface area contributed by atoms with Crippen LogP contribution in [-0.2, 0) is 9.59 Å². The summed E-state index contributed by atoms with van der Waals surface area (Å²) in [6.07, 6.45) is 6.78. The fourth-order valence-electron chi connectivity index (χ4n) is 3.91. The molecule has 144 valence electrons. The number of para-hydroxylation sites is 1. The molecule has 0 spiro atoms. The highest BCUT2D eigenvalue weighted by Gasteiger charge is 2.25. The summed E-state index contributed by atoms with van der Waals surface area (Å²) >= 11 is 0. The molecular formula is C21H27N3O3. The lowest BCUT2D eigenvalue weighted by molar-refractivity contribution is -0.140. The average molecular weight is 369 g/mol. The van der Waals surface area contributed by atoms with Crippen LogP contribution >= 0.6 is 0 Å². The normalized spacial score (nSPS) is 17.6. The number of benzene rings is 1. The minimum Gasteiger partial charge on any atom is -0.482 e. The second kappa shape index (κ2) is 9.40. The van der Waals surface area contributed by atoms with E-state index in [4.69, 9.17) is 10.00 Å². The molecule has 27 heavy (non-hydrogen) atoms. The molecule has 1 saturated heterocycles. The van der Waals surface area contributed by atoms with E-state index >= 15 is 0 Å². The van der Waals surface area contributed by atoms with Crippen molar-refractivity contribution in [1.29, 1.82) is 5.26 Å². The molecule has 1 heterocycles. The van der Waals surface area contributed by atoms with Crippen LogP contribution in [0.4, 0.5) is 0 Å². The molecule has 0 atom stereocenters. The zero-order valence-corrected chi connectivity index (χ0v) is 15.7. The Bertz CT molecular complexity index is 699. The molecule has 1 aromatic carbocycles. The number of carbonyl (C=O) groups is 2. The van der Waals surface area contributed by atoms with E-state index in [1.54, 1.807) is 29.2 Å². The van der Waals surface area contributed by atoms with Gasteiger partial charge >= 0.3 is 0 Å². The number of nitrogens with zero attached hydrogens (tertiary/aromatic N) is 3. The second-order valence-corrected chi connectivity index (χ2v) is 7.35. The zero-order chi connectivity index (χ0) is 19.1. The first-order chi connectivity index (χ1) is 13.2. The molecule has 1 aromatic rings. The van der Waals surface area contributed by atoms with Crippen LogP contribution < -0.4 is 4.74 Å². The van der Waals surface area contributed by atoms with E-state index in [2.05, 4.69) is 6.07 Å². The largest absolute Gasteiger partial charge is 0.482 e. The predicted octanol–water partition coefficient (Wildman–Crippen LogP) is 2.58.